The van der Waals surface area contributed by atoms with E-state index in [0.29, 0.717) is 18.4 Å². The maximum atomic E-state index is 9.01. The summed E-state index contributed by atoms with van der Waals surface area (Å²) in [6.07, 6.45) is 3.23. The number of nitrogens with zero attached hydrogens (tertiary/aromatic N) is 4. The minimum Gasteiger partial charge on any atom is -0.344 e. The third kappa shape index (κ3) is 2.95. The summed E-state index contributed by atoms with van der Waals surface area (Å²) in [6, 6.07) is 8.42. The zero-order chi connectivity index (χ0) is 15.5. The van der Waals surface area contributed by atoms with Gasteiger partial charge in [-0.1, -0.05) is 6.07 Å². The maximum Gasteiger partial charge on any atom is 0.265 e. The van der Waals surface area contributed by atoms with Gasteiger partial charge in [0.25, 0.3) is 5.95 Å². The molecule has 22 heavy (non-hydrogen) atoms. The lowest BCUT2D eigenvalue weighted by molar-refractivity contribution is 0.349. The average molecular weight is 297 g/mol. The van der Waals surface area contributed by atoms with Crippen LogP contribution in [0.3, 0.4) is 0 Å². The lowest BCUT2D eigenvalue weighted by Gasteiger charge is -2.26. The highest BCUT2D eigenvalue weighted by atomic mass is 16.5. The molecule has 0 fully saturated rings. The van der Waals surface area contributed by atoms with E-state index in [2.05, 4.69) is 27.6 Å². The van der Waals surface area contributed by atoms with E-state index >= 15 is 0 Å². The molecule has 0 saturated carbocycles. The van der Waals surface area contributed by atoms with E-state index in [4.69, 9.17) is 9.78 Å². The first-order valence-electron chi connectivity index (χ1n) is 7.43. The summed E-state index contributed by atoms with van der Waals surface area (Å²) in [5.74, 6) is 1.17. The van der Waals surface area contributed by atoms with Crippen LogP contribution in [-0.4, -0.2) is 24.2 Å². The van der Waals surface area contributed by atoms with Gasteiger partial charge in [-0.15, -0.1) is 0 Å². The van der Waals surface area contributed by atoms with Crippen LogP contribution >= 0.6 is 0 Å². The number of nitrogens with one attached hydrogen (secondary N) is 1. The molecule has 0 spiro atoms. The molecule has 1 aromatic carbocycles. The van der Waals surface area contributed by atoms with E-state index in [1.54, 1.807) is 0 Å². The second-order valence-corrected chi connectivity index (χ2v) is 5.73. The molecule has 0 amide bonds. The van der Waals surface area contributed by atoms with Gasteiger partial charge in [0.05, 0.1) is 18.2 Å². The molecule has 114 valence electrons. The van der Waals surface area contributed by atoms with Gasteiger partial charge in [0.1, 0.15) is 0 Å². The quantitative estimate of drug-likeness (QED) is 0.932. The first-order chi connectivity index (χ1) is 10.7. The molecule has 1 N–H and O–H groups in total. The Kier molecular flexibility index (Phi) is 4.07. The predicted octanol–water partition coefficient (Wildman–Crippen LogP) is 2.17. The zero-order valence-electron chi connectivity index (χ0n) is 12.8. The monoisotopic (exact) mass is 297 g/mol. The van der Waals surface area contributed by atoms with Crippen LogP contribution in [0.25, 0.3) is 0 Å². The van der Waals surface area contributed by atoms with Crippen LogP contribution in [0, 0.1) is 11.3 Å². The first kappa shape index (κ1) is 14.5. The van der Waals surface area contributed by atoms with Gasteiger partial charge in [-0.2, -0.15) is 10.2 Å². The first-order valence-corrected chi connectivity index (χ1v) is 7.43. The molecule has 1 unspecified atom stereocenters. The van der Waals surface area contributed by atoms with Gasteiger partial charge < -0.3 is 14.7 Å². The minimum absolute atomic E-state index is 0.270. The number of aryl methyl sites for hydroxylation is 1. The molecule has 1 aliphatic carbocycles. The van der Waals surface area contributed by atoms with Gasteiger partial charge in [-0.3, -0.25) is 0 Å². The molecule has 0 bridgehead atoms. The molecule has 0 aliphatic heterocycles. The molecule has 6 heteroatoms. The van der Waals surface area contributed by atoms with Crippen molar-refractivity contribution in [3.05, 3.63) is 40.8 Å². The molecular formula is C16H19N5O. The minimum atomic E-state index is 0.270. The fourth-order valence-electron chi connectivity index (χ4n) is 2.81. The summed E-state index contributed by atoms with van der Waals surface area (Å²) in [5, 5.41) is 16.4. The van der Waals surface area contributed by atoms with Crippen molar-refractivity contribution >= 4 is 5.95 Å². The lowest BCUT2D eigenvalue weighted by Crippen LogP contribution is -2.25. The molecule has 1 aliphatic rings. The number of hydrogen-bond acceptors (Lipinski definition) is 6. The van der Waals surface area contributed by atoms with Crippen molar-refractivity contribution in [2.24, 2.45) is 0 Å². The van der Waals surface area contributed by atoms with Crippen LogP contribution in [0.2, 0.25) is 0 Å². The Morgan fingerprint density at radius 1 is 1.45 bits per heavy atom. The summed E-state index contributed by atoms with van der Waals surface area (Å²) in [4.78, 5) is 6.13. The highest BCUT2D eigenvalue weighted by Crippen LogP contribution is 2.30. The van der Waals surface area contributed by atoms with Gasteiger partial charge in [0, 0.05) is 20.1 Å². The molecule has 0 radical (unpaired) electrons. The number of benzene rings is 1. The van der Waals surface area contributed by atoms with Crippen molar-refractivity contribution in [2.75, 3.05) is 19.0 Å². The smallest absolute Gasteiger partial charge is 0.265 e. The van der Waals surface area contributed by atoms with Crippen LogP contribution in [0.1, 0.15) is 41.5 Å². The third-order valence-electron chi connectivity index (χ3n) is 3.94. The highest BCUT2D eigenvalue weighted by molar-refractivity contribution is 5.40. The van der Waals surface area contributed by atoms with Crippen LogP contribution in [-0.2, 0) is 13.0 Å². The SMILES string of the molecule is CN(C)c1noc(CNC2CCCc3cc(C#N)ccc32)n1. The van der Waals surface area contributed by atoms with E-state index in [0.717, 1.165) is 24.8 Å². The van der Waals surface area contributed by atoms with E-state index in [1.807, 2.05) is 31.1 Å². The van der Waals surface area contributed by atoms with E-state index in [-0.39, 0.29) is 6.04 Å². The lowest BCUT2D eigenvalue weighted by atomic mass is 9.86. The van der Waals surface area contributed by atoms with Crippen LogP contribution in [0.4, 0.5) is 5.95 Å². The summed E-state index contributed by atoms with van der Waals surface area (Å²) < 4.78 is 5.23. The standard InChI is InChI=1S/C16H19N5O/c1-21(2)16-19-15(22-20-16)10-18-14-5-3-4-12-8-11(9-17)6-7-13(12)14/h6-8,14,18H,3-5,10H2,1-2H3. The Bertz CT molecular complexity index is 701. The molecular weight excluding hydrogens is 278 g/mol. The van der Waals surface area contributed by atoms with Crippen molar-refractivity contribution in [1.29, 1.82) is 5.26 Å². The number of aromatic nitrogens is 2. The number of anilines is 1. The van der Waals surface area contributed by atoms with Crippen molar-refractivity contribution in [1.82, 2.24) is 15.5 Å². The van der Waals surface area contributed by atoms with Crippen molar-refractivity contribution in [3.8, 4) is 6.07 Å². The van der Waals surface area contributed by atoms with Crippen molar-refractivity contribution in [2.45, 2.75) is 31.8 Å². The van der Waals surface area contributed by atoms with Crippen LogP contribution in [0.15, 0.2) is 22.7 Å². The van der Waals surface area contributed by atoms with Gasteiger partial charge in [0.2, 0.25) is 5.89 Å². The predicted molar refractivity (Wildman–Crippen MR) is 82.3 cm³/mol. The summed E-state index contributed by atoms with van der Waals surface area (Å²) >= 11 is 0. The largest absolute Gasteiger partial charge is 0.344 e. The molecule has 0 saturated heterocycles. The topological polar surface area (TPSA) is 78.0 Å². The van der Waals surface area contributed by atoms with Crippen LogP contribution in [0.5, 0.6) is 0 Å². The second kappa shape index (κ2) is 6.16. The van der Waals surface area contributed by atoms with E-state index < -0.39 is 0 Å². The number of fused-ring (bicyclic) bond motifs is 1. The Morgan fingerprint density at radius 2 is 2.32 bits per heavy atom. The normalized spacial score (nSPS) is 16.9. The maximum absolute atomic E-state index is 9.01. The third-order valence-corrected chi connectivity index (χ3v) is 3.94. The van der Waals surface area contributed by atoms with Gasteiger partial charge >= 0.3 is 0 Å². The zero-order valence-corrected chi connectivity index (χ0v) is 12.8. The summed E-state index contributed by atoms with van der Waals surface area (Å²) in [7, 11) is 3.76. The molecule has 1 aromatic heterocycles. The molecule has 3 rings (SSSR count). The fourth-order valence-corrected chi connectivity index (χ4v) is 2.81. The van der Waals surface area contributed by atoms with E-state index in [1.165, 1.54) is 11.1 Å². The van der Waals surface area contributed by atoms with Crippen LogP contribution < -0.4 is 10.2 Å². The Balaban J connectivity index is 1.70. The molecule has 2 aromatic rings. The van der Waals surface area contributed by atoms with Gasteiger partial charge in [0.15, 0.2) is 0 Å². The Labute approximate surface area is 129 Å². The Morgan fingerprint density at radius 3 is 3.05 bits per heavy atom. The molecule has 6 nitrogen and oxygen atoms in total. The van der Waals surface area contributed by atoms with Crippen molar-refractivity contribution in [3.63, 3.8) is 0 Å². The van der Waals surface area contributed by atoms with E-state index in [9.17, 15) is 0 Å². The summed E-state index contributed by atoms with van der Waals surface area (Å²) in [6.45, 7) is 0.547. The summed E-state index contributed by atoms with van der Waals surface area (Å²) in [5.41, 5.74) is 3.27. The highest BCUT2D eigenvalue weighted by Gasteiger charge is 2.21. The van der Waals surface area contributed by atoms with Crippen molar-refractivity contribution < 1.29 is 4.52 Å². The fraction of sp³-hybridized carbons (Fsp3) is 0.438. The number of hydrogen-bond donors (Lipinski definition) is 1. The number of nitriles is 1. The van der Waals surface area contributed by atoms with Gasteiger partial charge in [-0.25, -0.2) is 0 Å². The molecule has 1 heterocycles. The number of rotatable bonds is 4. The van der Waals surface area contributed by atoms with Gasteiger partial charge in [-0.05, 0) is 47.7 Å². The Hall–Kier alpha value is -2.39. The average Bonchev–Trinajstić information content (AvgIpc) is 3.01. The second-order valence-electron chi connectivity index (χ2n) is 5.73. The molecule has 1 atom stereocenters.